The Hall–Kier alpha value is -0.513. The van der Waals surface area contributed by atoms with Crippen LogP contribution in [0.5, 0.6) is 0 Å². The number of hydrogen-bond acceptors (Lipinski definition) is 2. The summed E-state index contributed by atoms with van der Waals surface area (Å²) in [5.41, 5.74) is 0.147. The smallest absolute Gasteiger partial charge is 0.489 e. The fraction of sp³-hybridized carbons (Fsp3) is 0.900. The summed E-state index contributed by atoms with van der Waals surface area (Å²) in [7, 11) is -2.04. The van der Waals surface area contributed by atoms with E-state index in [1.54, 1.807) is 0 Å². The molecule has 0 fully saturated rings. The van der Waals surface area contributed by atoms with Gasteiger partial charge in [0.25, 0.3) is 8.32 Å². The molecule has 4 heteroatoms. The van der Waals surface area contributed by atoms with Crippen LogP contribution >= 0.6 is 0 Å². The maximum absolute atomic E-state index is 10.6. The van der Waals surface area contributed by atoms with Gasteiger partial charge in [-0.1, -0.05) is 34.6 Å². The number of hydrogen-bond donors (Lipinski definition) is 1. The fourth-order valence-corrected chi connectivity index (χ4v) is 5.50. The third kappa shape index (κ3) is 4.65. The second-order valence-electron chi connectivity index (χ2n) is 5.00. The molecule has 0 spiro atoms. The first kappa shape index (κ1) is 13.5. The molecule has 0 saturated carbocycles. The number of carbonyl (C=O) groups is 1. The Morgan fingerprint density at radius 2 is 1.71 bits per heavy atom. The van der Waals surface area contributed by atoms with Crippen LogP contribution < -0.4 is 0 Å². The van der Waals surface area contributed by atoms with Crippen molar-refractivity contribution in [2.24, 2.45) is 5.41 Å². The highest BCUT2D eigenvalue weighted by molar-refractivity contribution is 6.75. The maximum atomic E-state index is 10.6. The molecule has 0 radical (unpaired) electrons. The van der Waals surface area contributed by atoms with Crippen LogP contribution in [0.2, 0.25) is 18.1 Å². The zero-order valence-corrected chi connectivity index (χ0v) is 10.9. The molecule has 0 heterocycles. The predicted octanol–water partition coefficient (Wildman–Crippen LogP) is 3.71. The van der Waals surface area contributed by atoms with Gasteiger partial charge in [0.1, 0.15) is 0 Å². The molecular weight excluding hydrogens is 196 g/mol. The highest BCUT2D eigenvalue weighted by Crippen LogP contribution is 2.33. The molecule has 0 rings (SSSR count). The van der Waals surface area contributed by atoms with E-state index in [9.17, 15) is 4.79 Å². The van der Waals surface area contributed by atoms with Crippen molar-refractivity contribution < 1.29 is 14.3 Å². The SMILES string of the molecule is CC[Si](CC)(CC(C)(C)C)OC(=O)O. The van der Waals surface area contributed by atoms with Gasteiger partial charge in [-0.3, -0.25) is 0 Å². The van der Waals surface area contributed by atoms with Crippen molar-refractivity contribution in [3.05, 3.63) is 0 Å². The first-order valence-electron chi connectivity index (χ1n) is 5.16. The van der Waals surface area contributed by atoms with Crippen molar-refractivity contribution in [3.63, 3.8) is 0 Å². The molecule has 0 aromatic rings. The van der Waals surface area contributed by atoms with Crippen molar-refractivity contribution >= 4 is 14.5 Å². The van der Waals surface area contributed by atoms with Crippen molar-refractivity contribution in [1.29, 1.82) is 0 Å². The van der Waals surface area contributed by atoms with Gasteiger partial charge in [-0.15, -0.1) is 0 Å². The second kappa shape index (κ2) is 4.82. The van der Waals surface area contributed by atoms with Crippen LogP contribution in [-0.4, -0.2) is 19.6 Å². The third-order valence-electron chi connectivity index (χ3n) is 2.44. The molecule has 3 nitrogen and oxygen atoms in total. The van der Waals surface area contributed by atoms with Gasteiger partial charge in [-0.2, -0.15) is 0 Å². The van der Waals surface area contributed by atoms with E-state index in [4.69, 9.17) is 9.53 Å². The molecule has 0 amide bonds. The van der Waals surface area contributed by atoms with Crippen LogP contribution in [0, 0.1) is 5.41 Å². The summed E-state index contributed by atoms with van der Waals surface area (Å²) in [5, 5.41) is 8.72. The average Bonchev–Trinajstić information content (AvgIpc) is 1.99. The molecule has 0 aliphatic rings. The van der Waals surface area contributed by atoms with Crippen LogP contribution in [0.3, 0.4) is 0 Å². The summed E-state index contributed by atoms with van der Waals surface area (Å²) >= 11 is 0. The van der Waals surface area contributed by atoms with Gasteiger partial charge in [0.05, 0.1) is 0 Å². The van der Waals surface area contributed by atoms with Crippen LogP contribution in [0.25, 0.3) is 0 Å². The fourth-order valence-electron chi connectivity index (χ4n) is 1.83. The number of rotatable bonds is 4. The summed E-state index contributed by atoms with van der Waals surface area (Å²) in [4.78, 5) is 10.6. The highest BCUT2D eigenvalue weighted by atomic mass is 28.4. The minimum absolute atomic E-state index is 0.147. The Balaban J connectivity index is 4.61. The van der Waals surface area contributed by atoms with Gasteiger partial charge in [0, 0.05) is 0 Å². The topological polar surface area (TPSA) is 46.5 Å². The Labute approximate surface area is 87.6 Å². The first-order chi connectivity index (χ1) is 6.24. The van der Waals surface area contributed by atoms with Gasteiger partial charge in [-0.05, 0) is 23.5 Å². The molecule has 0 atom stereocenters. The van der Waals surface area contributed by atoms with E-state index in [1.807, 2.05) is 13.8 Å². The third-order valence-corrected chi connectivity index (χ3v) is 7.33. The van der Waals surface area contributed by atoms with Crippen LogP contribution in [0.4, 0.5) is 4.79 Å². The van der Waals surface area contributed by atoms with Gasteiger partial charge >= 0.3 is 6.16 Å². The van der Waals surface area contributed by atoms with Gasteiger partial charge in [0.2, 0.25) is 0 Å². The van der Waals surface area contributed by atoms with Gasteiger partial charge in [-0.25, -0.2) is 4.79 Å². The monoisotopic (exact) mass is 218 g/mol. The molecule has 0 bridgehead atoms. The van der Waals surface area contributed by atoms with E-state index in [0.29, 0.717) is 0 Å². The number of carboxylic acid groups (broad SMARTS) is 1. The molecule has 0 unspecified atom stereocenters. The van der Waals surface area contributed by atoms with Crippen molar-refractivity contribution in [1.82, 2.24) is 0 Å². The summed E-state index contributed by atoms with van der Waals surface area (Å²) in [6.07, 6.45) is -1.11. The Morgan fingerprint density at radius 1 is 1.29 bits per heavy atom. The van der Waals surface area contributed by atoms with Crippen molar-refractivity contribution in [2.75, 3.05) is 0 Å². The van der Waals surface area contributed by atoms with E-state index < -0.39 is 14.5 Å². The molecule has 0 aromatic carbocycles. The minimum Gasteiger partial charge on any atom is -0.489 e. The van der Waals surface area contributed by atoms with E-state index >= 15 is 0 Å². The molecular formula is C10H22O3Si. The van der Waals surface area contributed by atoms with Crippen LogP contribution in [-0.2, 0) is 4.43 Å². The summed E-state index contributed by atoms with van der Waals surface area (Å²) < 4.78 is 5.17. The van der Waals surface area contributed by atoms with Crippen molar-refractivity contribution in [2.45, 2.75) is 52.8 Å². The van der Waals surface area contributed by atoms with E-state index in [2.05, 4.69) is 20.8 Å². The lowest BCUT2D eigenvalue weighted by atomic mass is 10.0. The average molecular weight is 218 g/mol. The lowest BCUT2D eigenvalue weighted by molar-refractivity contribution is 0.139. The van der Waals surface area contributed by atoms with Gasteiger partial charge < -0.3 is 9.53 Å². The van der Waals surface area contributed by atoms with Gasteiger partial charge in [0.15, 0.2) is 0 Å². The molecule has 0 aliphatic carbocycles. The first-order valence-corrected chi connectivity index (χ1v) is 7.69. The van der Waals surface area contributed by atoms with Crippen LogP contribution in [0.15, 0.2) is 0 Å². The molecule has 0 aromatic heterocycles. The lowest BCUT2D eigenvalue weighted by Gasteiger charge is -2.33. The van der Waals surface area contributed by atoms with E-state index in [1.165, 1.54) is 0 Å². The second-order valence-corrected chi connectivity index (χ2v) is 9.33. The quantitative estimate of drug-likeness (QED) is 0.732. The summed E-state index contributed by atoms with van der Waals surface area (Å²) in [5.74, 6) is 0. The molecule has 0 saturated heterocycles. The summed E-state index contributed by atoms with van der Waals surface area (Å²) in [6.45, 7) is 10.5. The Morgan fingerprint density at radius 3 is 1.93 bits per heavy atom. The van der Waals surface area contributed by atoms with Crippen LogP contribution in [0.1, 0.15) is 34.6 Å². The van der Waals surface area contributed by atoms with Crippen molar-refractivity contribution in [3.8, 4) is 0 Å². The zero-order chi connectivity index (χ0) is 11.4. The maximum Gasteiger partial charge on any atom is 0.491 e. The predicted molar refractivity (Wildman–Crippen MR) is 60.1 cm³/mol. The standard InChI is InChI=1S/C10H22O3Si/c1-6-14(7-2,13-9(11)12)8-10(3,4)5/h6-8H2,1-5H3,(H,11,12). The molecule has 14 heavy (non-hydrogen) atoms. The summed E-state index contributed by atoms with van der Waals surface area (Å²) in [6, 6.07) is 2.64. The lowest BCUT2D eigenvalue weighted by Crippen LogP contribution is -2.41. The minimum atomic E-state index is -2.04. The molecule has 84 valence electrons. The van der Waals surface area contributed by atoms with E-state index in [0.717, 1.165) is 18.1 Å². The Kier molecular flexibility index (Phi) is 4.64. The largest absolute Gasteiger partial charge is 0.491 e. The molecule has 0 aliphatic heterocycles. The Bertz CT molecular complexity index is 192. The highest BCUT2D eigenvalue weighted by Gasteiger charge is 2.38. The molecule has 1 N–H and O–H groups in total. The normalized spacial score (nSPS) is 12.6. The zero-order valence-electron chi connectivity index (χ0n) is 9.89. The van der Waals surface area contributed by atoms with E-state index in [-0.39, 0.29) is 5.41 Å².